The van der Waals surface area contributed by atoms with Gasteiger partial charge in [0, 0.05) is 6.61 Å². The quantitative estimate of drug-likeness (QED) is 0.416. The Bertz CT molecular complexity index is 802. The molecule has 5 aliphatic rings. The lowest BCUT2D eigenvalue weighted by molar-refractivity contribution is -0.0822. The molecular formula is C31H52O3. The third-order valence-corrected chi connectivity index (χ3v) is 12.1. The van der Waals surface area contributed by atoms with Crippen LogP contribution < -0.4 is 0 Å². The van der Waals surface area contributed by atoms with Crippen molar-refractivity contribution in [3.05, 3.63) is 11.6 Å². The molecule has 0 radical (unpaired) electrons. The first kappa shape index (κ1) is 25.3. The number of allylic oxidation sites excluding steroid dienone is 1. The van der Waals surface area contributed by atoms with Crippen molar-refractivity contribution < 1.29 is 14.6 Å². The van der Waals surface area contributed by atoms with E-state index in [1.165, 1.54) is 32.1 Å². The summed E-state index contributed by atoms with van der Waals surface area (Å²) >= 11 is 0. The van der Waals surface area contributed by atoms with Gasteiger partial charge in [0.05, 0.1) is 24.4 Å². The summed E-state index contributed by atoms with van der Waals surface area (Å²) in [4.78, 5) is 0. The fraction of sp³-hybridized carbons (Fsp3) is 0.935. The van der Waals surface area contributed by atoms with E-state index < -0.39 is 0 Å². The maximum atomic E-state index is 10.3. The van der Waals surface area contributed by atoms with Crippen molar-refractivity contribution in [1.29, 1.82) is 0 Å². The minimum Gasteiger partial charge on any atom is -0.393 e. The molecule has 0 bridgehead atoms. The van der Waals surface area contributed by atoms with E-state index in [0.717, 1.165) is 56.7 Å². The van der Waals surface area contributed by atoms with Crippen LogP contribution in [0, 0.1) is 45.8 Å². The molecule has 9 unspecified atom stereocenters. The summed E-state index contributed by atoms with van der Waals surface area (Å²) in [6.07, 6.45) is 13.5. The lowest BCUT2D eigenvalue weighted by Crippen LogP contribution is -2.51. The van der Waals surface area contributed by atoms with Crippen LogP contribution in [0.4, 0.5) is 0 Å². The zero-order valence-electron chi connectivity index (χ0n) is 23.2. The van der Waals surface area contributed by atoms with Crippen LogP contribution in [0.3, 0.4) is 0 Å². The van der Waals surface area contributed by atoms with Crippen molar-refractivity contribution in [3.8, 4) is 0 Å². The molecule has 34 heavy (non-hydrogen) atoms. The van der Waals surface area contributed by atoms with Gasteiger partial charge in [0.15, 0.2) is 0 Å². The first-order chi connectivity index (χ1) is 15.9. The normalized spacial score (nSPS) is 50.2. The van der Waals surface area contributed by atoms with E-state index in [-0.39, 0.29) is 17.1 Å². The van der Waals surface area contributed by atoms with Crippen molar-refractivity contribution in [2.75, 3.05) is 13.2 Å². The van der Waals surface area contributed by atoms with Gasteiger partial charge >= 0.3 is 0 Å². The Balaban J connectivity index is 1.32. The Labute approximate surface area is 209 Å². The molecule has 3 heteroatoms. The van der Waals surface area contributed by atoms with Crippen LogP contribution >= 0.6 is 0 Å². The van der Waals surface area contributed by atoms with Gasteiger partial charge in [-0.05, 0) is 117 Å². The standard InChI is InChI=1S/C31H52O3/c1-8-33-19-28(3,4)15-16-31(7)20(2)27-26(34-31)18-25-23-10-9-21-17-22(32)11-13-29(21,5)24(23)12-14-30(25,27)6/h9,20,22-27,32H,8,10-19H2,1-7H3/t20-,22?,23?,24?,25?,26?,27?,29?,30?,31?/m0/s1. The van der Waals surface area contributed by atoms with Gasteiger partial charge in [-0.2, -0.15) is 0 Å². The summed E-state index contributed by atoms with van der Waals surface area (Å²) in [6.45, 7) is 18.6. The topological polar surface area (TPSA) is 38.7 Å². The third kappa shape index (κ3) is 3.86. The van der Waals surface area contributed by atoms with Gasteiger partial charge in [0.2, 0.25) is 0 Å². The highest BCUT2D eigenvalue weighted by atomic mass is 16.5. The van der Waals surface area contributed by atoms with Crippen LogP contribution in [0.1, 0.15) is 106 Å². The van der Waals surface area contributed by atoms with Gasteiger partial charge in [-0.25, -0.2) is 0 Å². The average molecular weight is 473 g/mol. The smallest absolute Gasteiger partial charge is 0.0687 e. The number of aliphatic hydroxyl groups excluding tert-OH is 1. The van der Waals surface area contributed by atoms with Crippen molar-refractivity contribution in [2.24, 2.45) is 45.8 Å². The van der Waals surface area contributed by atoms with E-state index in [0.29, 0.717) is 28.8 Å². The molecule has 0 spiro atoms. The molecule has 0 aromatic carbocycles. The monoisotopic (exact) mass is 472 g/mol. The minimum atomic E-state index is -0.110. The summed E-state index contributed by atoms with van der Waals surface area (Å²) in [7, 11) is 0. The molecule has 5 rings (SSSR count). The number of ether oxygens (including phenoxy) is 2. The second-order valence-corrected chi connectivity index (χ2v) is 14.5. The summed E-state index contributed by atoms with van der Waals surface area (Å²) in [6, 6.07) is 0. The predicted octanol–water partition coefficient (Wildman–Crippen LogP) is 7.17. The number of hydrogen-bond acceptors (Lipinski definition) is 3. The molecular weight excluding hydrogens is 420 g/mol. The van der Waals surface area contributed by atoms with Crippen molar-refractivity contribution in [2.45, 2.75) is 124 Å². The molecule has 1 saturated heterocycles. The fourth-order valence-electron chi connectivity index (χ4n) is 9.84. The molecule has 1 N–H and O–H groups in total. The molecule has 4 fully saturated rings. The van der Waals surface area contributed by atoms with Crippen LogP contribution in [-0.2, 0) is 9.47 Å². The highest BCUT2D eigenvalue weighted by Crippen LogP contribution is 2.70. The van der Waals surface area contributed by atoms with E-state index in [2.05, 4.69) is 54.5 Å². The lowest BCUT2D eigenvalue weighted by Gasteiger charge is -2.58. The van der Waals surface area contributed by atoms with Gasteiger partial charge in [-0.3, -0.25) is 0 Å². The molecule has 4 aliphatic carbocycles. The summed E-state index contributed by atoms with van der Waals surface area (Å²) in [5.74, 6) is 3.72. The Kier molecular flexibility index (Phi) is 6.39. The first-order valence-electron chi connectivity index (χ1n) is 14.6. The second kappa shape index (κ2) is 8.59. The number of rotatable bonds is 6. The molecule has 0 aromatic rings. The Morgan fingerprint density at radius 2 is 1.91 bits per heavy atom. The Hall–Kier alpha value is -0.380. The van der Waals surface area contributed by atoms with Crippen molar-refractivity contribution >= 4 is 0 Å². The third-order valence-electron chi connectivity index (χ3n) is 12.1. The van der Waals surface area contributed by atoms with Crippen LogP contribution in [0.15, 0.2) is 11.6 Å². The van der Waals surface area contributed by atoms with Gasteiger partial charge in [-0.15, -0.1) is 0 Å². The average Bonchev–Trinajstić information content (AvgIpc) is 3.21. The molecule has 0 amide bonds. The second-order valence-electron chi connectivity index (χ2n) is 14.5. The fourth-order valence-corrected chi connectivity index (χ4v) is 9.84. The van der Waals surface area contributed by atoms with Crippen LogP contribution in [0.2, 0.25) is 0 Å². The molecule has 1 aliphatic heterocycles. The highest BCUT2D eigenvalue weighted by molar-refractivity contribution is 5.26. The molecule has 3 nitrogen and oxygen atoms in total. The van der Waals surface area contributed by atoms with E-state index in [4.69, 9.17) is 9.47 Å². The molecule has 10 atom stereocenters. The van der Waals surface area contributed by atoms with Gasteiger partial charge < -0.3 is 14.6 Å². The predicted molar refractivity (Wildman–Crippen MR) is 139 cm³/mol. The van der Waals surface area contributed by atoms with Gasteiger partial charge in [0.1, 0.15) is 0 Å². The first-order valence-corrected chi connectivity index (χ1v) is 14.6. The maximum absolute atomic E-state index is 10.3. The van der Waals surface area contributed by atoms with Crippen molar-refractivity contribution in [1.82, 2.24) is 0 Å². The Morgan fingerprint density at radius 1 is 1.15 bits per heavy atom. The van der Waals surface area contributed by atoms with E-state index in [1.807, 2.05) is 0 Å². The minimum absolute atomic E-state index is 0.00519. The van der Waals surface area contributed by atoms with Crippen LogP contribution in [0.25, 0.3) is 0 Å². The van der Waals surface area contributed by atoms with Crippen molar-refractivity contribution in [3.63, 3.8) is 0 Å². The number of hydrogen-bond donors (Lipinski definition) is 1. The zero-order valence-corrected chi connectivity index (χ0v) is 23.2. The van der Waals surface area contributed by atoms with E-state index in [1.54, 1.807) is 5.57 Å². The lowest BCUT2D eigenvalue weighted by atomic mass is 9.46. The summed E-state index contributed by atoms with van der Waals surface area (Å²) in [5.41, 5.74) is 2.53. The molecule has 1 heterocycles. The summed E-state index contributed by atoms with van der Waals surface area (Å²) in [5, 5.41) is 10.3. The number of aliphatic hydroxyl groups is 1. The van der Waals surface area contributed by atoms with Crippen LogP contribution in [0.5, 0.6) is 0 Å². The molecule has 0 aromatic heterocycles. The highest BCUT2D eigenvalue weighted by Gasteiger charge is 2.66. The van der Waals surface area contributed by atoms with Gasteiger partial charge in [-0.1, -0.05) is 46.3 Å². The largest absolute Gasteiger partial charge is 0.393 e. The summed E-state index contributed by atoms with van der Waals surface area (Å²) < 4.78 is 12.9. The SMILES string of the molecule is CCOCC(C)(C)CCC1(C)OC2CC3C4CC=C5CC(O)CCC5(C)C4CCC3(C)C2[C@@H]1C. The molecule has 194 valence electrons. The number of fused-ring (bicyclic) bond motifs is 7. The van der Waals surface area contributed by atoms with Gasteiger partial charge in [0.25, 0.3) is 0 Å². The molecule has 3 saturated carbocycles. The zero-order chi connectivity index (χ0) is 24.5. The van der Waals surface area contributed by atoms with E-state index >= 15 is 0 Å². The van der Waals surface area contributed by atoms with Crippen LogP contribution in [-0.4, -0.2) is 36.1 Å². The Morgan fingerprint density at radius 3 is 2.65 bits per heavy atom. The van der Waals surface area contributed by atoms with E-state index in [9.17, 15) is 5.11 Å². The maximum Gasteiger partial charge on any atom is 0.0687 e.